The molecule has 0 rings (SSSR count). The molecule has 0 N–H and O–H groups in total. The van der Waals surface area contributed by atoms with Gasteiger partial charge in [-0.05, 0) is 32.1 Å². The predicted octanol–water partition coefficient (Wildman–Crippen LogP) is 10.5. The molecule has 0 aromatic heterocycles. The third-order valence-corrected chi connectivity index (χ3v) is 8.79. The van der Waals surface area contributed by atoms with Crippen molar-refractivity contribution in [1.29, 1.82) is 0 Å². The normalized spacial score (nSPS) is 13.4. The molecule has 1 atom stereocenters. The summed E-state index contributed by atoms with van der Waals surface area (Å²) in [5.41, 5.74) is 0. The summed E-state index contributed by atoms with van der Waals surface area (Å²) in [4.78, 5) is 0. The highest BCUT2D eigenvalue weighted by Crippen LogP contribution is 2.21. The van der Waals surface area contributed by atoms with Crippen LogP contribution in [0.3, 0.4) is 0 Å². The quantitative estimate of drug-likeness (QED) is 0.0725. The molecule has 218 valence electrons. The van der Waals surface area contributed by atoms with Crippen molar-refractivity contribution >= 4 is 0 Å². The zero-order chi connectivity index (χ0) is 27.0. The van der Waals surface area contributed by atoms with Crippen LogP contribution in [-0.2, 0) is 0 Å². The number of hydrogen-bond acceptors (Lipinski definition) is 0. The first kappa shape index (κ1) is 35.9. The molecular formula is C34H74N2+2. The van der Waals surface area contributed by atoms with Crippen molar-refractivity contribution in [2.45, 2.75) is 174 Å². The van der Waals surface area contributed by atoms with Crippen LogP contribution in [0.25, 0.3) is 0 Å². The molecule has 1 unspecified atom stereocenters. The molecule has 0 saturated carbocycles. The summed E-state index contributed by atoms with van der Waals surface area (Å²) in [6.45, 7) is 11.1. The van der Waals surface area contributed by atoms with Crippen molar-refractivity contribution in [1.82, 2.24) is 0 Å². The molecule has 0 aromatic carbocycles. The topological polar surface area (TPSA) is 0 Å². The van der Waals surface area contributed by atoms with Crippen LogP contribution in [0.15, 0.2) is 0 Å². The maximum Gasteiger partial charge on any atom is 0.138 e. The zero-order valence-electron chi connectivity index (χ0n) is 26.9. The van der Waals surface area contributed by atoms with Gasteiger partial charge >= 0.3 is 0 Å². The summed E-state index contributed by atoms with van der Waals surface area (Å²) < 4.78 is 2.45. The largest absolute Gasteiger partial charge is 0.324 e. The Balaban J connectivity index is 4.20. The minimum absolute atomic E-state index is 0.807. The van der Waals surface area contributed by atoms with Crippen molar-refractivity contribution in [3.63, 3.8) is 0 Å². The molecule has 0 saturated heterocycles. The van der Waals surface area contributed by atoms with Crippen LogP contribution in [0, 0.1) is 0 Å². The van der Waals surface area contributed by atoms with Crippen molar-refractivity contribution in [2.75, 3.05) is 47.8 Å². The van der Waals surface area contributed by atoms with Gasteiger partial charge in [-0.25, -0.2) is 0 Å². The Labute approximate surface area is 231 Å². The first-order chi connectivity index (χ1) is 17.3. The SMILES string of the molecule is CCCCCCCCCCCC[N+](C)(C)CC(CCCC)[N+](C)(C)CCCCCCCCCCCC. The predicted molar refractivity (Wildman–Crippen MR) is 166 cm³/mol. The number of rotatable bonds is 28. The summed E-state index contributed by atoms with van der Waals surface area (Å²) in [6.07, 6.45) is 32.9. The summed E-state index contributed by atoms with van der Waals surface area (Å²) in [7, 11) is 10.1. The van der Waals surface area contributed by atoms with E-state index < -0.39 is 0 Å². The lowest BCUT2D eigenvalue weighted by molar-refractivity contribution is -0.965. The van der Waals surface area contributed by atoms with Crippen molar-refractivity contribution in [3.05, 3.63) is 0 Å². The highest BCUT2D eigenvalue weighted by atomic mass is 15.4. The van der Waals surface area contributed by atoms with Gasteiger partial charge in [0.1, 0.15) is 12.6 Å². The van der Waals surface area contributed by atoms with E-state index in [4.69, 9.17) is 0 Å². The monoisotopic (exact) mass is 511 g/mol. The van der Waals surface area contributed by atoms with Gasteiger partial charge in [-0.1, -0.05) is 130 Å². The molecule has 36 heavy (non-hydrogen) atoms. The second-order valence-corrected chi connectivity index (χ2v) is 13.5. The first-order valence-corrected chi connectivity index (χ1v) is 16.9. The molecule has 0 fully saturated rings. The molecule has 0 spiro atoms. The zero-order valence-corrected chi connectivity index (χ0v) is 26.9. The Morgan fingerprint density at radius 2 is 0.722 bits per heavy atom. The number of quaternary nitrogens is 2. The van der Waals surface area contributed by atoms with E-state index in [1.807, 2.05) is 0 Å². The van der Waals surface area contributed by atoms with E-state index in [9.17, 15) is 0 Å². The summed E-state index contributed by atoms with van der Waals surface area (Å²) in [5.74, 6) is 0. The Bertz CT molecular complexity index is 442. The summed E-state index contributed by atoms with van der Waals surface area (Å²) in [5, 5.41) is 0. The fourth-order valence-corrected chi connectivity index (χ4v) is 5.98. The maximum absolute atomic E-state index is 2.54. The fourth-order valence-electron chi connectivity index (χ4n) is 5.98. The van der Waals surface area contributed by atoms with E-state index in [1.54, 1.807) is 0 Å². The Hall–Kier alpha value is -0.0800. The smallest absolute Gasteiger partial charge is 0.138 e. The van der Waals surface area contributed by atoms with Crippen molar-refractivity contribution in [2.24, 2.45) is 0 Å². The van der Waals surface area contributed by atoms with Crippen LogP contribution in [0.5, 0.6) is 0 Å². The maximum atomic E-state index is 2.54. The van der Waals surface area contributed by atoms with Crippen LogP contribution < -0.4 is 0 Å². The van der Waals surface area contributed by atoms with E-state index in [1.165, 1.54) is 176 Å². The van der Waals surface area contributed by atoms with Crippen LogP contribution >= 0.6 is 0 Å². The van der Waals surface area contributed by atoms with Gasteiger partial charge in [0.25, 0.3) is 0 Å². The molecule has 0 radical (unpaired) electrons. The second-order valence-electron chi connectivity index (χ2n) is 13.5. The van der Waals surface area contributed by atoms with E-state index in [0.29, 0.717) is 0 Å². The molecular weight excluding hydrogens is 436 g/mol. The Kier molecular flexibility index (Phi) is 23.9. The lowest BCUT2D eigenvalue weighted by atomic mass is 10.0. The third kappa shape index (κ3) is 22.0. The second kappa shape index (κ2) is 24.0. The number of unbranched alkanes of at least 4 members (excludes halogenated alkanes) is 19. The lowest BCUT2D eigenvalue weighted by Gasteiger charge is -2.42. The van der Waals surface area contributed by atoms with E-state index in [-0.39, 0.29) is 0 Å². The fraction of sp³-hybridized carbons (Fsp3) is 1.00. The molecule has 0 aliphatic rings. The van der Waals surface area contributed by atoms with Gasteiger partial charge < -0.3 is 8.97 Å². The molecule has 0 amide bonds. The van der Waals surface area contributed by atoms with Crippen LogP contribution in [-0.4, -0.2) is 62.8 Å². The molecule has 0 aromatic rings. The highest BCUT2D eigenvalue weighted by Gasteiger charge is 2.33. The minimum atomic E-state index is 0.807. The number of likely N-dealkylation sites (N-methyl/N-ethyl adjacent to an activating group) is 2. The van der Waals surface area contributed by atoms with Gasteiger partial charge in [-0.3, -0.25) is 0 Å². The minimum Gasteiger partial charge on any atom is -0.324 e. The van der Waals surface area contributed by atoms with Crippen molar-refractivity contribution in [3.8, 4) is 0 Å². The molecule has 0 bridgehead atoms. The summed E-state index contributed by atoms with van der Waals surface area (Å²) >= 11 is 0. The third-order valence-electron chi connectivity index (χ3n) is 8.79. The average Bonchev–Trinajstić information content (AvgIpc) is 2.84. The van der Waals surface area contributed by atoms with Gasteiger partial charge in [-0.2, -0.15) is 0 Å². The number of nitrogens with zero attached hydrogens (tertiary/aromatic N) is 2. The Morgan fingerprint density at radius 3 is 1.11 bits per heavy atom. The van der Waals surface area contributed by atoms with Crippen molar-refractivity contribution < 1.29 is 8.97 Å². The van der Waals surface area contributed by atoms with Gasteiger partial charge in [0.2, 0.25) is 0 Å². The van der Waals surface area contributed by atoms with Crippen LogP contribution in [0.1, 0.15) is 168 Å². The molecule has 0 heterocycles. The van der Waals surface area contributed by atoms with Crippen LogP contribution in [0.4, 0.5) is 0 Å². The summed E-state index contributed by atoms with van der Waals surface area (Å²) in [6, 6.07) is 0.807. The van der Waals surface area contributed by atoms with Gasteiger partial charge in [-0.15, -0.1) is 0 Å². The van der Waals surface area contributed by atoms with E-state index >= 15 is 0 Å². The van der Waals surface area contributed by atoms with E-state index in [2.05, 4.69) is 49.0 Å². The number of hydrogen-bond donors (Lipinski definition) is 0. The highest BCUT2D eigenvalue weighted by molar-refractivity contribution is 4.60. The van der Waals surface area contributed by atoms with Crippen LogP contribution in [0.2, 0.25) is 0 Å². The van der Waals surface area contributed by atoms with Gasteiger partial charge in [0.15, 0.2) is 0 Å². The first-order valence-electron chi connectivity index (χ1n) is 16.9. The molecule has 0 aliphatic carbocycles. The van der Waals surface area contributed by atoms with E-state index in [0.717, 1.165) is 6.04 Å². The van der Waals surface area contributed by atoms with Gasteiger partial charge in [0, 0.05) is 6.42 Å². The molecule has 0 aliphatic heterocycles. The standard InChI is InChI=1S/C34H74N2/c1-8-11-14-16-18-20-22-24-26-28-31-35(4,5)33-34(30-13-10-3)36(6,7)32-29-27-25-23-21-19-17-15-12-9-2/h34H,8-33H2,1-7H3/q+2. The average molecular weight is 511 g/mol. The Morgan fingerprint density at radius 1 is 0.389 bits per heavy atom. The molecule has 2 nitrogen and oxygen atoms in total. The lowest BCUT2D eigenvalue weighted by Crippen LogP contribution is -2.58. The van der Waals surface area contributed by atoms with Gasteiger partial charge in [0.05, 0.1) is 41.3 Å². The molecule has 2 heteroatoms.